The lowest BCUT2D eigenvalue weighted by molar-refractivity contribution is -0.153. The van der Waals surface area contributed by atoms with Crippen LogP contribution in [0.3, 0.4) is 0 Å². The monoisotopic (exact) mass is 389 g/mol. The molecule has 0 amide bonds. The molecule has 3 rings (SSSR count). The van der Waals surface area contributed by atoms with E-state index in [0.717, 1.165) is 29.3 Å². The fourth-order valence-electron chi connectivity index (χ4n) is 2.69. The summed E-state index contributed by atoms with van der Waals surface area (Å²) < 4.78 is 8.33. The topological polar surface area (TPSA) is 56.2 Å². The highest BCUT2D eigenvalue weighted by atomic mass is 127. The first kappa shape index (κ1) is 14.3. The van der Waals surface area contributed by atoms with Gasteiger partial charge in [-0.15, -0.1) is 0 Å². The zero-order chi connectivity index (χ0) is 14.2. The van der Waals surface area contributed by atoms with E-state index >= 15 is 0 Å². The van der Waals surface area contributed by atoms with E-state index in [2.05, 4.69) is 33.0 Å². The molecule has 0 radical (unpaired) electrons. The third kappa shape index (κ3) is 3.00. The molecular formula is C14H20IN3O2. The largest absolute Gasteiger partial charge is 0.465 e. The van der Waals surface area contributed by atoms with Crippen molar-refractivity contribution < 1.29 is 9.53 Å². The average molecular weight is 389 g/mol. The molecule has 1 unspecified atom stereocenters. The third-order valence-corrected chi connectivity index (χ3v) is 4.52. The van der Waals surface area contributed by atoms with Gasteiger partial charge in [0.25, 0.3) is 0 Å². The summed E-state index contributed by atoms with van der Waals surface area (Å²) in [6, 6.07) is 0.467. The summed E-state index contributed by atoms with van der Waals surface area (Å²) in [6.07, 6.45) is 8.30. The molecule has 1 aromatic heterocycles. The maximum Gasteiger partial charge on any atom is 0.328 e. The summed E-state index contributed by atoms with van der Waals surface area (Å²) in [5.41, 5.74) is -0.591. The number of halogens is 1. The second-order valence-electron chi connectivity index (χ2n) is 5.74. The lowest BCUT2D eigenvalue weighted by atomic mass is 9.92. The summed E-state index contributed by atoms with van der Waals surface area (Å²) in [4.78, 5) is 12.6. The number of esters is 1. The highest BCUT2D eigenvalue weighted by Gasteiger charge is 2.54. The van der Waals surface area contributed by atoms with Gasteiger partial charge in [0.2, 0.25) is 0 Å². The molecule has 2 fully saturated rings. The standard InChI is InChI=1S/C14H20IN3O2/c1-2-20-13(19)14(10-3-4-10,17-12-5-6-12)9-18-8-11(15)7-16-18/h7-8,10,12,17H,2-6,9H2,1H3. The normalized spacial score (nSPS) is 21.5. The van der Waals surface area contributed by atoms with Crippen molar-refractivity contribution in [2.45, 2.75) is 50.7 Å². The number of hydrogen-bond acceptors (Lipinski definition) is 4. The molecule has 6 heteroatoms. The number of nitrogens with zero attached hydrogens (tertiary/aromatic N) is 2. The van der Waals surface area contributed by atoms with E-state index in [0.29, 0.717) is 25.1 Å². The van der Waals surface area contributed by atoms with Crippen LogP contribution in [0, 0.1) is 9.49 Å². The summed E-state index contributed by atoms with van der Waals surface area (Å²) >= 11 is 2.24. The summed E-state index contributed by atoms with van der Waals surface area (Å²) in [5.74, 6) is 0.268. The SMILES string of the molecule is CCOC(=O)C(Cn1cc(I)cn1)(NC1CC1)C1CC1. The zero-order valence-electron chi connectivity index (χ0n) is 11.6. The van der Waals surface area contributed by atoms with Gasteiger partial charge >= 0.3 is 5.97 Å². The van der Waals surface area contributed by atoms with Crippen LogP contribution in [0.5, 0.6) is 0 Å². The highest BCUT2D eigenvalue weighted by molar-refractivity contribution is 14.1. The zero-order valence-corrected chi connectivity index (χ0v) is 13.8. The van der Waals surface area contributed by atoms with E-state index < -0.39 is 5.54 Å². The van der Waals surface area contributed by atoms with Gasteiger partial charge in [0.05, 0.1) is 22.9 Å². The van der Waals surface area contributed by atoms with Gasteiger partial charge in [0, 0.05) is 12.2 Å². The van der Waals surface area contributed by atoms with Crippen LogP contribution in [0.25, 0.3) is 0 Å². The Morgan fingerprint density at radius 3 is 2.80 bits per heavy atom. The second kappa shape index (κ2) is 5.63. The molecule has 0 saturated heterocycles. The number of ether oxygens (including phenoxy) is 1. The van der Waals surface area contributed by atoms with Crippen LogP contribution in [-0.4, -0.2) is 33.9 Å². The van der Waals surface area contributed by atoms with Gasteiger partial charge in [0.1, 0.15) is 5.54 Å². The van der Waals surface area contributed by atoms with Crippen molar-refractivity contribution in [3.8, 4) is 0 Å². The Bertz CT molecular complexity index is 496. The number of carbonyl (C=O) groups is 1. The molecule has 1 aromatic rings. The molecule has 0 bridgehead atoms. The first-order valence-corrected chi connectivity index (χ1v) is 8.35. The molecule has 2 saturated carbocycles. The lowest BCUT2D eigenvalue weighted by Gasteiger charge is -2.33. The van der Waals surface area contributed by atoms with Crippen molar-refractivity contribution in [3.63, 3.8) is 0 Å². The van der Waals surface area contributed by atoms with Crippen LogP contribution >= 0.6 is 22.6 Å². The molecule has 1 N–H and O–H groups in total. The summed E-state index contributed by atoms with van der Waals surface area (Å²) in [7, 11) is 0. The minimum Gasteiger partial charge on any atom is -0.465 e. The van der Waals surface area contributed by atoms with Gasteiger partial charge in [0.15, 0.2) is 0 Å². The maximum absolute atomic E-state index is 12.6. The Morgan fingerprint density at radius 2 is 2.30 bits per heavy atom. The van der Waals surface area contributed by atoms with Gasteiger partial charge in [-0.2, -0.15) is 5.10 Å². The van der Waals surface area contributed by atoms with E-state index in [1.807, 2.05) is 24.0 Å². The predicted molar refractivity (Wildman–Crippen MR) is 83.2 cm³/mol. The minimum atomic E-state index is -0.591. The van der Waals surface area contributed by atoms with Crippen LogP contribution in [-0.2, 0) is 16.1 Å². The number of carbonyl (C=O) groups excluding carboxylic acids is 1. The summed E-state index contributed by atoms with van der Waals surface area (Å²) in [5, 5.41) is 7.91. The van der Waals surface area contributed by atoms with E-state index in [9.17, 15) is 4.79 Å². The molecule has 5 nitrogen and oxygen atoms in total. The lowest BCUT2D eigenvalue weighted by Crippen LogP contribution is -2.58. The van der Waals surface area contributed by atoms with Crippen LogP contribution in [0.15, 0.2) is 12.4 Å². The van der Waals surface area contributed by atoms with Gasteiger partial charge in [-0.25, -0.2) is 4.79 Å². The molecular weight excluding hydrogens is 369 g/mol. The second-order valence-corrected chi connectivity index (χ2v) is 6.99. The third-order valence-electron chi connectivity index (χ3n) is 3.97. The number of rotatable bonds is 7. The number of nitrogens with one attached hydrogen (secondary N) is 1. The molecule has 0 aliphatic heterocycles. The van der Waals surface area contributed by atoms with Crippen molar-refractivity contribution in [3.05, 3.63) is 16.0 Å². The molecule has 2 aliphatic rings. The molecule has 1 atom stereocenters. The van der Waals surface area contributed by atoms with E-state index in [1.54, 1.807) is 0 Å². The predicted octanol–water partition coefficient (Wildman–Crippen LogP) is 1.95. The Morgan fingerprint density at radius 1 is 1.55 bits per heavy atom. The van der Waals surface area contributed by atoms with Gasteiger partial charge in [-0.1, -0.05) is 0 Å². The van der Waals surface area contributed by atoms with Crippen LogP contribution in [0.4, 0.5) is 0 Å². The van der Waals surface area contributed by atoms with Crippen LogP contribution in [0.2, 0.25) is 0 Å². The van der Waals surface area contributed by atoms with Crippen molar-refractivity contribution in [1.82, 2.24) is 15.1 Å². The quantitative estimate of drug-likeness (QED) is 0.572. The molecule has 0 spiro atoms. The van der Waals surface area contributed by atoms with Gasteiger partial charge in [-0.05, 0) is 61.1 Å². The first-order chi connectivity index (χ1) is 9.64. The van der Waals surface area contributed by atoms with Gasteiger partial charge < -0.3 is 4.74 Å². The van der Waals surface area contributed by atoms with E-state index in [4.69, 9.17) is 4.74 Å². The Labute approximate surface area is 132 Å². The van der Waals surface area contributed by atoms with Gasteiger partial charge in [-0.3, -0.25) is 10.00 Å². The van der Waals surface area contributed by atoms with Crippen LogP contribution in [0.1, 0.15) is 32.6 Å². The Balaban J connectivity index is 1.85. The highest BCUT2D eigenvalue weighted by Crippen LogP contribution is 2.43. The summed E-state index contributed by atoms with van der Waals surface area (Å²) in [6.45, 7) is 2.86. The van der Waals surface area contributed by atoms with E-state index in [1.165, 1.54) is 0 Å². The number of aromatic nitrogens is 2. The van der Waals surface area contributed by atoms with E-state index in [-0.39, 0.29) is 5.97 Å². The fourth-order valence-corrected chi connectivity index (χ4v) is 3.14. The molecule has 1 heterocycles. The van der Waals surface area contributed by atoms with Crippen molar-refractivity contribution in [2.75, 3.05) is 6.61 Å². The first-order valence-electron chi connectivity index (χ1n) is 7.27. The molecule has 0 aromatic carbocycles. The Hall–Kier alpha value is -0.630. The Kier molecular flexibility index (Phi) is 4.03. The van der Waals surface area contributed by atoms with Crippen molar-refractivity contribution in [2.24, 2.45) is 5.92 Å². The van der Waals surface area contributed by atoms with Crippen LogP contribution < -0.4 is 5.32 Å². The van der Waals surface area contributed by atoms with Crippen molar-refractivity contribution >= 4 is 28.6 Å². The smallest absolute Gasteiger partial charge is 0.328 e. The minimum absolute atomic E-state index is 0.111. The molecule has 20 heavy (non-hydrogen) atoms. The fraction of sp³-hybridized carbons (Fsp3) is 0.714. The molecule has 2 aliphatic carbocycles. The van der Waals surface area contributed by atoms with Crippen molar-refractivity contribution in [1.29, 1.82) is 0 Å². The number of hydrogen-bond donors (Lipinski definition) is 1. The maximum atomic E-state index is 12.6. The molecule has 110 valence electrons. The average Bonchev–Trinajstić information content (AvgIpc) is 3.30.